The number of fused-ring (bicyclic) bond motifs is 6. The van der Waals surface area contributed by atoms with Gasteiger partial charge >= 0.3 is 6.18 Å². The van der Waals surface area contributed by atoms with E-state index in [0.29, 0.717) is 27.9 Å². The van der Waals surface area contributed by atoms with Crippen molar-refractivity contribution in [3.8, 4) is 33.6 Å². The first kappa shape index (κ1) is 38.4. The van der Waals surface area contributed by atoms with Gasteiger partial charge in [-0.25, -0.2) is 9.69 Å². The van der Waals surface area contributed by atoms with Gasteiger partial charge in [0.2, 0.25) is 0 Å². The molecule has 0 amide bonds. The van der Waals surface area contributed by atoms with Crippen molar-refractivity contribution in [2.45, 2.75) is 58.5 Å². The van der Waals surface area contributed by atoms with E-state index in [4.69, 9.17) is 13.1 Å². The Kier molecular flexibility index (Phi) is 8.81. The number of alkyl halides is 3. The van der Waals surface area contributed by atoms with E-state index in [0.717, 1.165) is 67.1 Å². The minimum absolute atomic E-state index is 0.0986. The van der Waals surface area contributed by atoms with Crippen LogP contribution in [0.4, 0.5) is 24.5 Å². The smallest absolute Gasteiger partial charge is 0.310 e. The molecule has 0 radical (unpaired) electrons. The summed E-state index contributed by atoms with van der Waals surface area (Å²) in [4.78, 5) is 7.83. The highest BCUT2D eigenvalue weighted by Gasteiger charge is 2.32. The van der Waals surface area contributed by atoms with Crippen molar-refractivity contribution in [2.24, 2.45) is 0 Å². The van der Waals surface area contributed by atoms with Crippen molar-refractivity contribution in [2.75, 3.05) is 0 Å². The van der Waals surface area contributed by atoms with Crippen LogP contribution in [0.3, 0.4) is 0 Å². The minimum atomic E-state index is -4.63. The Morgan fingerprint density at radius 3 is 1.38 bits per heavy atom. The quantitative estimate of drug-likeness (QED) is 0.158. The van der Waals surface area contributed by atoms with E-state index in [1.807, 2.05) is 54.6 Å². The highest BCUT2D eigenvalue weighted by atomic mass is 19.4. The van der Waals surface area contributed by atoms with E-state index in [2.05, 4.69) is 121 Å². The van der Waals surface area contributed by atoms with E-state index in [1.165, 1.54) is 17.2 Å². The van der Waals surface area contributed by atoms with Crippen LogP contribution in [-0.2, 0) is 17.0 Å². The summed E-state index contributed by atoms with van der Waals surface area (Å²) in [5.74, 6) is 0. The first-order valence-corrected chi connectivity index (χ1v) is 19.9. The van der Waals surface area contributed by atoms with Crippen LogP contribution in [0.1, 0.15) is 58.2 Å². The fourth-order valence-corrected chi connectivity index (χ4v) is 8.70. The molecule has 0 aliphatic heterocycles. The van der Waals surface area contributed by atoms with Crippen molar-refractivity contribution >= 4 is 55.0 Å². The van der Waals surface area contributed by atoms with Crippen LogP contribution >= 0.6 is 0 Å². The molecule has 0 atom stereocenters. The highest BCUT2D eigenvalue weighted by molar-refractivity contribution is 6.13. The Hall–Kier alpha value is -7.09. The van der Waals surface area contributed by atoms with Crippen LogP contribution < -0.4 is 0 Å². The van der Waals surface area contributed by atoms with Crippen molar-refractivity contribution in [3.05, 3.63) is 179 Å². The minimum Gasteiger partial charge on any atom is -0.310 e. The lowest BCUT2D eigenvalue weighted by Crippen LogP contribution is -2.10. The molecule has 2 heterocycles. The van der Waals surface area contributed by atoms with Gasteiger partial charge in [0.05, 0.1) is 40.9 Å². The zero-order valence-corrected chi connectivity index (χ0v) is 34.2. The van der Waals surface area contributed by atoms with Crippen LogP contribution in [0.2, 0.25) is 0 Å². The molecule has 0 saturated carbocycles. The van der Waals surface area contributed by atoms with Gasteiger partial charge in [-0.1, -0.05) is 126 Å². The van der Waals surface area contributed by atoms with Gasteiger partial charge in [-0.3, -0.25) is 0 Å². The molecule has 0 saturated heterocycles. The first-order chi connectivity index (χ1) is 28.6. The standard InChI is InChI=1S/C53H41F3N4/c1-51(2,3)32-24-27-45-39(29-32)36-15-9-11-19-43(36)59(45)47-21-13-17-38(35-26-23-34(53(54,55)56)31-42(35)58-8)49(47)50-41(57-7)18-14-22-48(50)60-44-20-12-10-16-37(44)40-30-33(52(4,5)6)25-28-46(40)60/h9-31H,1-6H3. The lowest BCUT2D eigenvalue weighted by Gasteiger charge is -2.24. The van der Waals surface area contributed by atoms with Crippen molar-refractivity contribution in [1.29, 1.82) is 0 Å². The maximum Gasteiger partial charge on any atom is 0.415 e. The van der Waals surface area contributed by atoms with Crippen LogP contribution in [0.15, 0.2) is 140 Å². The van der Waals surface area contributed by atoms with E-state index in [9.17, 15) is 13.2 Å². The monoisotopic (exact) mass is 790 g/mol. The lowest BCUT2D eigenvalue weighted by molar-refractivity contribution is -0.137. The molecule has 294 valence electrons. The summed E-state index contributed by atoms with van der Waals surface area (Å²) < 4.78 is 46.8. The average molecular weight is 791 g/mol. The molecule has 4 nitrogen and oxygen atoms in total. The average Bonchev–Trinajstić information content (AvgIpc) is 3.74. The summed E-state index contributed by atoms with van der Waals surface area (Å²) in [7, 11) is 0. The molecule has 0 aliphatic carbocycles. The van der Waals surface area contributed by atoms with Crippen LogP contribution in [0.25, 0.3) is 86.9 Å². The number of rotatable bonds is 4. The molecule has 9 aromatic rings. The zero-order chi connectivity index (χ0) is 42.3. The van der Waals surface area contributed by atoms with Gasteiger partial charge in [-0.2, -0.15) is 13.2 Å². The Bertz CT molecular complexity index is 3300. The van der Waals surface area contributed by atoms with Crippen LogP contribution in [0.5, 0.6) is 0 Å². The maximum absolute atomic E-state index is 14.1. The fourth-order valence-electron chi connectivity index (χ4n) is 8.70. The summed E-state index contributed by atoms with van der Waals surface area (Å²) >= 11 is 0. The predicted octanol–water partition coefficient (Wildman–Crippen LogP) is 15.9. The molecule has 0 spiro atoms. The Morgan fingerprint density at radius 2 is 0.883 bits per heavy atom. The second-order valence-electron chi connectivity index (χ2n) is 17.5. The number of halogens is 3. The van der Waals surface area contributed by atoms with E-state index in [1.54, 1.807) is 6.07 Å². The second-order valence-corrected chi connectivity index (χ2v) is 17.5. The summed E-state index contributed by atoms with van der Waals surface area (Å²) in [6, 6.07) is 44.3. The second kappa shape index (κ2) is 13.8. The number of nitrogens with zero attached hydrogens (tertiary/aromatic N) is 4. The lowest BCUT2D eigenvalue weighted by atomic mass is 9.86. The third kappa shape index (κ3) is 6.12. The Balaban J connectivity index is 1.47. The topological polar surface area (TPSA) is 18.6 Å². The van der Waals surface area contributed by atoms with Gasteiger partial charge < -0.3 is 9.13 Å². The maximum atomic E-state index is 14.1. The zero-order valence-electron chi connectivity index (χ0n) is 34.2. The molecule has 9 rings (SSSR count). The van der Waals surface area contributed by atoms with Gasteiger partial charge in [0.15, 0.2) is 11.4 Å². The van der Waals surface area contributed by atoms with Crippen molar-refractivity contribution in [3.63, 3.8) is 0 Å². The molecule has 7 aromatic carbocycles. The Morgan fingerprint density at radius 1 is 0.417 bits per heavy atom. The fraction of sp³-hybridized carbons (Fsp3) is 0.170. The molecular weight excluding hydrogens is 750 g/mol. The highest BCUT2D eigenvalue weighted by Crippen LogP contribution is 2.50. The summed E-state index contributed by atoms with van der Waals surface area (Å²) in [6.07, 6.45) is -4.63. The van der Waals surface area contributed by atoms with Gasteiger partial charge in [0.1, 0.15) is 0 Å². The number of hydrogen-bond acceptors (Lipinski definition) is 0. The molecule has 0 unspecified atom stereocenters. The van der Waals surface area contributed by atoms with Crippen LogP contribution in [-0.4, -0.2) is 9.13 Å². The van der Waals surface area contributed by atoms with Crippen LogP contribution in [0, 0.1) is 13.1 Å². The molecule has 0 fully saturated rings. The third-order valence-corrected chi connectivity index (χ3v) is 11.7. The Labute approximate surface area is 347 Å². The van der Waals surface area contributed by atoms with E-state index < -0.39 is 11.7 Å². The number of hydrogen-bond donors (Lipinski definition) is 0. The predicted molar refractivity (Wildman–Crippen MR) is 241 cm³/mol. The van der Waals surface area contributed by atoms with Crippen molar-refractivity contribution in [1.82, 2.24) is 9.13 Å². The summed E-state index contributed by atoms with van der Waals surface area (Å²) in [5, 5.41) is 4.23. The van der Waals surface area contributed by atoms with Gasteiger partial charge in [-0.15, -0.1) is 0 Å². The molecule has 60 heavy (non-hydrogen) atoms. The summed E-state index contributed by atoms with van der Waals surface area (Å²) in [6.45, 7) is 30.0. The summed E-state index contributed by atoms with van der Waals surface area (Å²) in [5.41, 5.74) is 8.85. The number of benzene rings is 7. The molecule has 0 aliphatic rings. The molecular formula is C53H41F3N4. The molecule has 0 N–H and O–H groups in total. The van der Waals surface area contributed by atoms with Gasteiger partial charge in [0, 0.05) is 43.9 Å². The van der Waals surface area contributed by atoms with Crippen molar-refractivity contribution < 1.29 is 13.2 Å². The SMILES string of the molecule is [C-]#[N+]c1cc(C(F)(F)F)ccc1-c1cccc(-n2c3ccccc3c3cc(C(C)(C)C)ccc32)c1-c1c([N+]#[C-])cccc1-n1c2ccccc2c2cc(C(C)(C)C)ccc21. The number of para-hydroxylation sites is 2. The van der Waals surface area contributed by atoms with Gasteiger partial charge in [0.25, 0.3) is 0 Å². The van der Waals surface area contributed by atoms with E-state index in [-0.39, 0.29) is 16.5 Å². The molecule has 2 aromatic heterocycles. The third-order valence-electron chi connectivity index (χ3n) is 11.7. The van der Waals surface area contributed by atoms with E-state index >= 15 is 0 Å². The largest absolute Gasteiger partial charge is 0.415 e. The molecule has 0 bridgehead atoms. The first-order valence-electron chi connectivity index (χ1n) is 19.9. The molecule has 7 heteroatoms. The number of aromatic nitrogens is 2. The van der Waals surface area contributed by atoms with Gasteiger partial charge in [-0.05, 0) is 87.7 Å². The normalized spacial score (nSPS) is 12.4.